The lowest BCUT2D eigenvalue weighted by atomic mass is 9.97. The fraction of sp³-hybridized carbons (Fsp3) is 1.00. The van der Waals surface area contributed by atoms with Crippen LogP contribution in [0.25, 0.3) is 0 Å². The minimum absolute atomic E-state index is 0.0881. The number of ether oxygens (including phenoxy) is 1. The Balaban J connectivity index is 2.58. The van der Waals surface area contributed by atoms with Crippen LogP contribution in [0.4, 0.5) is 0 Å². The van der Waals surface area contributed by atoms with Crippen LogP contribution in [0.3, 0.4) is 0 Å². The van der Waals surface area contributed by atoms with Crippen molar-refractivity contribution in [2.45, 2.75) is 51.2 Å². The highest BCUT2D eigenvalue weighted by atomic mass is 79.9. The summed E-state index contributed by atoms with van der Waals surface area (Å²) in [6.45, 7) is 6.59. The van der Waals surface area contributed by atoms with Crippen molar-refractivity contribution >= 4 is 15.9 Å². The summed E-state index contributed by atoms with van der Waals surface area (Å²) in [7, 11) is 0. The van der Waals surface area contributed by atoms with Crippen molar-refractivity contribution in [3.63, 3.8) is 0 Å². The SMILES string of the molecule is CCC1(C)CCC(C)(CBr)O1. The molecule has 11 heavy (non-hydrogen) atoms. The Hall–Kier alpha value is 0.440. The first-order valence-corrected chi connectivity index (χ1v) is 5.42. The number of hydrogen-bond donors (Lipinski definition) is 0. The van der Waals surface area contributed by atoms with E-state index in [1.54, 1.807) is 0 Å². The molecule has 0 aromatic carbocycles. The predicted octanol–water partition coefficient (Wildman–Crippen LogP) is 3.12. The van der Waals surface area contributed by atoms with Crippen LogP contribution >= 0.6 is 15.9 Å². The van der Waals surface area contributed by atoms with E-state index in [2.05, 4.69) is 36.7 Å². The molecule has 2 unspecified atom stereocenters. The highest BCUT2D eigenvalue weighted by Gasteiger charge is 2.41. The molecule has 0 saturated carbocycles. The Morgan fingerprint density at radius 1 is 1.27 bits per heavy atom. The summed E-state index contributed by atoms with van der Waals surface area (Å²) in [5, 5.41) is 0.954. The van der Waals surface area contributed by atoms with Gasteiger partial charge in [0.05, 0.1) is 11.2 Å². The van der Waals surface area contributed by atoms with Crippen LogP contribution in [0.2, 0.25) is 0 Å². The predicted molar refractivity (Wildman–Crippen MR) is 51.2 cm³/mol. The Morgan fingerprint density at radius 3 is 2.09 bits per heavy atom. The van der Waals surface area contributed by atoms with Crippen LogP contribution in [0.15, 0.2) is 0 Å². The molecule has 1 saturated heterocycles. The van der Waals surface area contributed by atoms with E-state index in [4.69, 9.17) is 4.74 Å². The zero-order valence-corrected chi connectivity index (χ0v) is 9.20. The molecular formula is C9H17BrO. The quantitative estimate of drug-likeness (QED) is 0.651. The van der Waals surface area contributed by atoms with Gasteiger partial charge >= 0.3 is 0 Å². The van der Waals surface area contributed by atoms with Crippen LogP contribution in [0, 0.1) is 0 Å². The largest absolute Gasteiger partial charge is 0.368 e. The Bertz CT molecular complexity index is 132. The minimum atomic E-state index is 0.0881. The number of rotatable bonds is 2. The molecule has 0 aliphatic carbocycles. The van der Waals surface area contributed by atoms with Gasteiger partial charge in [0.2, 0.25) is 0 Å². The molecule has 1 aliphatic rings. The van der Waals surface area contributed by atoms with Gasteiger partial charge in [-0.15, -0.1) is 0 Å². The number of halogens is 1. The summed E-state index contributed by atoms with van der Waals surface area (Å²) in [5.74, 6) is 0. The van der Waals surface area contributed by atoms with Gasteiger partial charge in [0.25, 0.3) is 0 Å². The van der Waals surface area contributed by atoms with E-state index < -0.39 is 0 Å². The average Bonchev–Trinajstić information content (AvgIpc) is 2.30. The van der Waals surface area contributed by atoms with Crippen molar-refractivity contribution in [1.82, 2.24) is 0 Å². The fourth-order valence-electron chi connectivity index (χ4n) is 1.57. The topological polar surface area (TPSA) is 9.23 Å². The van der Waals surface area contributed by atoms with Crippen molar-refractivity contribution in [2.75, 3.05) is 5.33 Å². The fourth-order valence-corrected chi connectivity index (χ4v) is 1.96. The summed E-state index contributed by atoms with van der Waals surface area (Å²) in [4.78, 5) is 0. The summed E-state index contributed by atoms with van der Waals surface area (Å²) in [5.41, 5.74) is 0.229. The maximum Gasteiger partial charge on any atom is 0.0759 e. The smallest absolute Gasteiger partial charge is 0.0759 e. The van der Waals surface area contributed by atoms with Crippen LogP contribution < -0.4 is 0 Å². The molecule has 0 radical (unpaired) electrons. The molecule has 1 rings (SSSR count). The lowest BCUT2D eigenvalue weighted by Crippen LogP contribution is -2.31. The molecule has 0 amide bonds. The van der Waals surface area contributed by atoms with Crippen molar-refractivity contribution in [1.29, 1.82) is 0 Å². The van der Waals surface area contributed by atoms with Gasteiger partial charge in [-0.3, -0.25) is 0 Å². The zero-order chi connectivity index (χ0) is 8.54. The van der Waals surface area contributed by atoms with E-state index in [0.717, 1.165) is 11.8 Å². The molecule has 2 heteroatoms. The summed E-state index contributed by atoms with van der Waals surface area (Å²) in [6.07, 6.45) is 3.50. The van der Waals surface area contributed by atoms with Crippen LogP contribution in [-0.2, 0) is 4.74 Å². The Morgan fingerprint density at radius 2 is 1.82 bits per heavy atom. The molecule has 1 aliphatic heterocycles. The van der Waals surface area contributed by atoms with E-state index in [1.165, 1.54) is 12.8 Å². The molecule has 0 aromatic heterocycles. The molecule has 0 spiro atoms. The third-order valence-corrected chi connectivity index (χ3v) is 3.89. The first-order chi connectivity index (χ1) is 5.04. The van der Waals surface area contributed by atoms with E-state index in [-0.39, 0.29) is 11.2 Å². The second-order valence-electron chi connectivity index (χ2n) is 3.99. The van der Waals surface area contributed by atoms with Crippen molar-refractivity contribution in [2.24, 2.45) is 0 Å². The second kappa shape index (κ2) is 3.06. The normalized spacial score (nSPS) is 44.7. The highest BCUT2D eigenvalue weighted by molar-refractivity contribution is 9.09. The van der Waals surface area contributed by atoms with Crippen molar-refractivity contribution in [3.8, 4) is 0 Å². The maximum absolute atomic E-state index is 5.99. The summed E-state index contributed by atoms with van der Waals surface area (Å²) >= 11 is 3.49. The van der Waals surface area contributed by atoms with Crippen molar-refractivity contribution < 1.29 is 4.74 Å². The minimum Gasteiger partial charge on any atom is -0.368 e. The maximum atomic E-state index is 5.99. The highest BCUT2D eigenvalue weighted by Crippen LogP contribution is 2.40. The summed E-state index contributed by atoms with van der Waals surface area (Å²) in [6, 6.07) is 0. The Kier molecular flexibility index (Phi) is 2.65. The van der Waals surface area contributed by atoms with E-state index in [1.807, 2.05) is 0 Å². The van der Waals surface area contributed by atoms with Gasteiger partial charge < -0.3 is 4.74 Å². The molecule has 1 nitrogen and oxygen atoms in total. The average molecular weight is 221 g/mol. The standard InChI is InChI=1S/C9H17BrO/c1-4-8(2)5-6-9(3,7-10)11-8/h4-7H2,1-3H3. The third-order valence-electron chi connectivity index (χ3n) is 2.71. The first-order valence-electron chi connectivity index (χ1n) is 4.30. The third kappa shape index (κ3) is 1.97. The van der Waals surface area contributed by atoms with E-state index >= 15 is 0 Å². The van der Waals surface area contributed by atoms with Gasteiger partial charge in [0.1, 0.15) is 0 Å². The second-order valence-corrected chi connectivity index (χ2v) is 4.55. The molecule has 0 bridgehead atoms. The molecule has 0 N–H and O–H groups in total. The lowest BCUT2D eigenvalue weighted by molar-refractivity contribution is -0.0733. The molecular weight excluding hydrogens is 204 g/mol. The van der Waals surface area contributed by atoms with Crippen LogP contribution in [-0.4, -0.2) is 16.5 Å². The summed E-state index contributed by atoms with van der Waals surface area (Å²) < 4.78 is 5.99. The first kappa shape index (κ1) is 9.53. The monoisotopic (exact) mass is 220 g/mol. The van der Waals surface area contributed by atoms with Gasteiger partial charge in [-0.05, 0) is 33.1 Å². The van der Waals surface area contributed by atoms with Crippen molar-refractivity contribution in [3.05, 3.63) is 0 Å². The molecule has 1 fully saturated rings. The van der Waals surface area contributed by atoms with E-state index in [0.29, 0.717) is 0 Å². The van der Waals surface area contributed by atoms with Gasteiger partial charge in [-0.2, -0.15) is 0 Å². The van der Waals surface area contributed by atoms with Gasteiger partial charge in [0, 0.05) is 5.33 Å². The zero-order valence-electron chi connectivity index (χ0n) is 7.61. The van der Waals surface area contributed by atoms with Crippen LogP contribution in [0.1, 0.15) is 40.0 Å². The van der Waals surface area contributed by atoms with Gasteiger partial charge in [0.15, 0.2) is 0 Å². The Labute approximate surface area is 77.6 Å². The molecule has 1 heterocycles. The lowest BCUT2D eigenvalue weighted by Gasteiger charge is -2.28. The van der Waals surface area contributed by atoms with Crippen LogP contribution in [0.5, 0.6) is 0 Å². The van der Waals surface area contributed by atoms with E-state index in [9.17, 15) is 0 Å². The number of alkyl halides is 1. The molecule has 0 aromatic rings. The van der Waals surface area contributed by atoms with Gasteiger partial charge in [-0.1, -0.05) is 22.9 Å². The number of hydrogen-bond acceptors (Lipinski definition) is 1. The molecule has 66 valence electrons. The van der Waals surface area contributed by atoms with Gasteiger partial charge in [-0.25, -0.2) is 0 Å². The molecule has 2 atom stereocenters.